The Balaban J connectivity index is 3.79. The summed E-state index contributed by atoms with van der Waals surface area (Å²) in [7, 11) is 0. The van der Waals surface area contributed by atoms with Gasteiger partial charge in [0.05, 0.1) is 24.7 Å². The highest BCUT2D eigenvalue weighted by Gasteiger charge is 2.19. The Morgan fingerprint density at radius 1 is 1.00 bits per heavy atom. The molecule has 2 heteroatoms. The van der Waals surface area contributed by atoms with E-state index in [0.29, 0.717) is 13.2 Å². The standard InChI is InChI=1S/C11H20O2/c1-9(2)12-7-11(5,6)8-13-10(3)4/h1,3,7-8H2,2,4-6H3. The van der Waals surface area contributed by atoms with Gasteiger partial charge in [-0.1, -0.05) is 27.0 Å². The Morgan fingerprint density at radius 3 is 1.54 bits per heavy atom. The number of ether oxygens (including phenoxy) is 2. The lowest BCUT2D eigenvalue weighted by Gasteiger charge is -2.24. The number of hydrogen-bond acceptors (Lipinski definition) is 2. The number of hydrogen-bond donors (Lipinski definition) is 0. The molecule has 0 fully saturated rings. The molecule has 76 valence electrons. The summed E-state index contributed by atoms with van der Waals surface area (Å²) >= 11 is 0. The molecule has 0 saturated carbocycles. The van der Waals surface area contributed by atoms with Crippen LogP contribution in [0.15, 0.2) is 24.7 Å². The van der Waals surface area contributed by atoms with E-state index in [1.165, 1.54) is 0 Å². The molecule has 0 aliphatic carbocycles. The zero-order valence-electron chi connectivity index (χ0n) is 9.14. The van der Waals surface area contributed by atoms with Gasteiger partial charge in [-0.25, -0.2) is 0 Å². The van der Waals surface area contributed by atoms with Gasteiger partial charge in [-0.15, -0.1) is 0 Å². The van der Waals surface area contributed by atoms with Crippen LogP contribution in [0.25, 0.3) is 0 Å². The van der Waals surface area contributed by atoms with E-state index in [1.54, 1.807) is 0 Å². The van der Waals surface area contributed by atoms with Crippen molar-refractivity contribution >= 4 is 0 Å². The minimum absolute atomic E-state index is 0.00208. The summed E-state index contributed by atoms with van der Waals surface area (Å²) in [5.41, 5.74) is -0.00208. The average Bonchev–Trinajstić information content (AvgIpc) is 1.98. The van der Waals surface area contributed by atoms with Crippen LogP contribution in [0.5, 0.6) is 0 Å². The van der Waals surface area contributed by atoms with E-state index < -0.39 is 0 Å². The summed E-state index contributed by atoms with van der Waals surface area (Å²) in [6.07, 6.45) is 0. The molecule has 0 aliphatic rings. The van der Waals surface area contributed by atoms with Gasteiger partial charge in [-0.2, -0.15) is 0 Å². The first-order valence-electron chi connectivity index (χ1n) is 4.40. The zero-order valence-corrected chi connectivity index (χ0v) is 9.14. The molecule has 0 atom stereocenters. The fourth-order valence-electron chi connectivity index (χ4n) is 0.679. The van der Waals surface area contributed by atoms with E-state index in [1.807, 2.05) is 13.8 Å². The van der Waals surface area contributed by atoms with Crippen LogP contribution in [0.1, 0.15) is 27.7 Å². The molecule has 0 N–H and O–H groups in total. The molecular weight excluding hydrogens is 164 g/mol. The molecule has 0 unspecified atom stereocenters. The molecule has 0 saturated heterocycles. The molecule has 0 aliphatic heterocycles. The Labute approximate surface area is 81.2 Å². The van der Waals surface area contributed by atoms with E-state index in [4.69, 9.17) is 9.47 Å². The Bertz CT molecular complexity index is 172. The topological polar surface area (TPSA) is 18.5 Å². The van der Waals surface area contributed by atoms with Crippen molar-refractivity contribution in [2.75, 3.05) is 13.2 Å². The lowest BCUT2D eigenvalue weighted by atomic mass is 9.96. The summed E-state index contributed by atoms with van der Waals surface area (Å²) in [4.78, 5) is 0. The molecule has 0 bridgehead atoms. The predicted molar refractivity (Wildman–Crippen MR) is 55.3 cm³/mol. The zero-order chi connectivity index (χ0) is 10.5. The van der Waals surface area contributed by atoms with Gasteiger partial charge in [0.15, 0.2) is 0 Å². The fourth-order valence-corrected chi connectivity index (χ4v) is 0.679. The molecule has 0 rings (SSSR count). The third kappa shape index (κ3) is 7.44. The molecule has 0 aromatic carbocycles. The van der Waals surface area contributed by atoms with E-state index in [0.717, 1.165) is 11.5 Å². The SMILES string of the molecule is C=C(C)OCC(C)(C)COC(=C)C. The second-order valence-corrected chi connectivity index (χ2v) is 4.15. The average molecular weight is 184 g/mol. The maximum Gasteiger partial charge on any atom is 0.0960 e. The highest BCUT2D eigenvalue weighted by atomic mass is 16.5. The lowest BCUT2D eigenvalue weighted by molar-refractivity contribution is 0.0467. The van der Waals surface area contributed by atoms with Crippen molar-refractivity contribution in [1.82, 2.24) is 0 Å². The Morgan fingerprint density at radius 2 is 1.31 bits per heavy atom. The van der Waals surface area contributed by atoms with Gasteiger partial charge in [-0.05, 0) is 13.8 Å². The van der Waals surface area contributed by atoms with Gasteiger partial charge >= 0.3 is 0 Å². The van der Waals surface area contributed by atoms with Crippen molar-refractivity contribution < 1.29 is 9.47 Å². The second-order valence-electron chi connectivity index (χ2n) is 4.15. The molecule has 0 amide bonds. The Kier molecular flexibility index (Phi) is 4.60. The van der Waals surface area contributed by atoms with E-state index in [2.05, 4.69) is 27.0 Å². The fraction of sp³-hybridized carbons (Fsp3) is 0.636. The first-order chi connectivity index (χ1) is 5.83. The number of allylic oxidation sites excluding steroid dienone is 2. The van der Waals surface area contributed by atoms with Crippen LogP contribution in [0.3, 0.4) is 0 Å². The van der Waals surface area contributed by atoms with Crippen LogP contribution < -0.4 is 0 Å². The smallest absolute Gasteiger partial charge is 0.0960 e. The minimum Gasteiger partial charge on any atom is -0.498 e. The summed E-state index contributed by atoms with van der Waals surface area (Å²) < 4.78 is 10.7. The van der Waals surface area contributed by atoms with Crippen LogP contribution in [0.4, 0.5) is 0 Å². The molecule has 0 spiro atoms. The summed E-state index contributed by atoms with van der Waals surface area (Å²) in [5, 5.41) is 0. The van der Waals surface area contributed by atoms with E-state index in [-0.39, 0.29) is 5.41 Å². The molecule has 0 heterocycles. The Hall–Kier alpha value is -0.920. The maximum absolute atomic E-state index is 5.33. The largest absolute Gasteiger partial charge is 0.498 e. The lowest BCUT2D eigenvalue weighted by Crippen LogP contribution is -2.24. The molecule has 0 aromatic heterocycles. The van der Waals surface area contributed by atoms with Crippen LogP contribution in [-0.4, -0.2) is 13.2 Å². The van der Waals surface area contributed by atoms with E-state index >= 15 is 0 Å². The molecular formula is C11H20O2. The first kappa shape index (κ1) is 12.1. The number of rotatable bonds is 6. The van der Waals surface area contributed by atoms with Gasteiger partial charge in [0, 0.05) is 5.41 Å². The molecule has 0 aromatic rings. The summed E-state index contributed by atoms with van der Waals surface area (Å²) in [6.45, 7) is 16.4. The van der Waals surface area contributed by atoms with Gasteiger partial charge in [0.1, 0.15) is 0 Å². The highest BCUT2D eigenvalue weighted by molar-refractivity contribution is 4.80. The maximum atomic E-state index is 5.33. The molecule has 0 radical (unpaired) electrons. The third-order valence-electron chi connectivity index (χ3n) is 1.42. The molecule has 2 nitrogen and oxygen atoms in total. The van der Waals surface area contributed by atoms with Gasteiger partial charge in [0.2, 0.25) is 0 Å². The molecule has 13 heavy (non-hydrogen) atoms. The van der Waals surface area contributed by atoms with Crippen molar-refractivity contribution in [2.24, 2.45) is 5.41 Å². The normalized spacial score (nSPS) is 10.8. The van der Waals surface area contributed by atoms with Crippen molar-refractivity contribution in [1.29, 1.82) is 0 Å². The van der Waals surface area contributed by atoms with Crippen molar-refractivity contribution in [3.63, 3.8) is 0 Å². The second kappa shape index (κ2) is 4.95. The summed E-state index contributed by atoms with van der Waals surface area (Å²) in [5.74, 6) is 1.48. The monoisotopic (exact) mass is 184 g/mol. The van der Waals surface area contributed by atoms with Crippen LogP contribution in [0, 0.1) is 5.41 Å². The van der Waals surface area contributed by atoms with Crippen molar-refractivity contribution in [3.05, 3.63) is 24.7 Å². The third-order valence-corrected chi connectivity index (χ3v) is 1.42. The van der Waals surface area contributed by atoms with Crippen LogP contribution in [0.2, 0.25) is 0 Å². The predicted octanol–water partition coefficient (Wildman–Crippen LogP) is 3.11. The van der Waals surface area contributed by atoms with Crippen molar-refractivity contribution in [3.8, 4) is 0 Å². The van der Waals surface area contributed by atoms with Gasteiger partial charge < -0.3 is 9.47 Å². The summed E-state index contributed by atoms with van der Waals surface area (Å²) in [6, 6.07) is 0. The van der Waals surface area contributed by atoms with Crippen LogP contribution in [-0.2, 0) is 9.47 Å². The van der Waals surface area contributed by atoms with Gasteiger partial charge in [-0.3, -0.25) is 0 Å². The quantitative estimate of drug-likeness (QED) is 0.590. The van der Waals surface area contributed by atoms with E-state index in [9.17, 15) is 0 Å². The highest BCUT2D eigenvalue weighted by Crippen LogP contribution is 2.18. The van der Waals surface area contributed by atoms with Gasteiger partial charge in [0.25, 0.3) is 0 Å². The van der Waals surface area contributed by atoms with Crippen LogP contribution >= 0.6 is 0 Å². The first-order valence-corrected chi connectivity index (χ1v) is 4.40. The van der Waals surface area contributed by atoms with Crippen molar-refractivity contribution in [2.45, 2.75) is 27.7 Å². The minimum atomic E-state index is -0.00208.